The Balaban J connectivity index is 1.90. The first-order valence-corrected chi connectivity index (χ1v) is 6.79. The third-order valence-corrected chi connectivity index (χ3v) is 3.20. The van der Waals surface area contributed by atoms with Crippen molar-refractivity contribution in [2.75, 3.05) is 5.32 Å². The quantitative estimate of drug-likeness (QED) is 0.900. The zero-order valence-electron chi connectivity index (χ0n) is 10.2. The summed E-state index contributed by atoms with van der Waals surface area (Å²) in [5.74, 6) is -0.0552. The van der Waals surface area contributed by atoms with E-state index in [0.29, 0.717) is 11.6 Å². The summed E-state index contributed by atoms with van der Waals surface area (Å²) in [5.41, 5.74) is 1.94. The second kappa shape index (κ2) is 6.26. The van der Waals surface area contributed by atoms with Crippen molar-refractivity contribution in [2.45, 2.75) is 26.2 Å². The standard InChI is InChI=1S/C13H15N3OS/c1-2-4-11-9-18-13(15-11)16-12(17)7-10-5-3-6-14-8-10/h3,5-6,8-9H,2,4,7H2,1H3,(H,15,16,17). The van der Waals surface area contributed by atoms with Crippen LogP contribution in [-0.4, -0.2) is 15.9 Å². The summed E-state index contributed by atoms with van der Waals surface area (Å²) in [7, 11) is 0. The molecule has 0 spiro atoms. The number of anilines is 1. The minimum absolute atomic E-state index is 0.0552. The van der Waals surface area contributed by atoms with Crippen molar-refractivity contribution in [2.24, 2.45) is 0 Å². The lowest BCUT2D eigenvalue weighted by atomic mass is 10.2. The average molecular weight is 261 g/mol. The van der Waals surface area contributed by atoms with Crippen molar-refractivity contribution in [1.29, 1.82) is 0 Å². The number of nitrogens with one attached hydrogen (secondary N) is 1. The summed E-state index contributed by atoms with van der Waals surface area (Å²) in [6.45, 7) is 2.11. The maximum Gasteiger partial charge on any atom is 0.230 e. The number of pyridine rings is 1. The maximum atomic E-state index is 11.8. The van der Waals surface area contributed by atoms with E-state index in [-0.39, 0.29) is 5.91 Å². The second-order valence-electron chi connectivity index (χ2n) is 3.98. The van der Waals surface area contributed by atoms with Gasteiger partial charge in [0.1, 0.15) is 0 Å². The van der Waals surface area contributed by atoms with E-state index in [0.717, 1.165) is 24.1 Å². The van der Waals surface area contributed by atoms with Gasteiger partial charge in [-0.2, -0.15) is 0 Å². The summed E-state index contributed by atoms with van der Waals surface area (Å²) in [6, 6.07) is 3.71. The highest BCUT2D eigenvalue weighted by Gasteiger charge is 2.07. The number of thiazole rings is 1. The topological polar surface area (TPSA) is 54.9 Å². The molecule has 4 nitrogen and oxygen atoms in total. The van der Waals surface area contributed by atoms with E-state index in [1.165, 1.54) is 11.3 Å². The molecule has 0 bridgehead atoms. The summed E-state index contributed by atoms with van der Waals surface area (Å²) in [6.07, 6.45) is 5.74. The van der Waals surface area contributed by atoms with Crippen LogP contribution in [0.5, 0.6) is 0 Å². The number of aryl methyl sites for hydroxylation is 1. The van der Waals surface area contributed by atoms with Gasteiger partial charge in [-0.25, -0.2) is 4.98 Å². The Morgan fingerprint density at radius 1 is 1.50 bits per heavy atom. The van der Waals surface area contributed by atoms with E-state index < -0.39 is 0 Å². The van der Waals surface area contributed by atoms with Gasteiger partial charge in [-0.15, -0.1) is 11.3 Å². The van der Waals surface area contributed by atoms with Gasteiger partial charge in [-0.1, -0.05) is 19.4 Å². The molecule has 0 saturated heterocycles. The van der Waals surface area contributed by atoms with Crippen LogP contribution in [0.15, 0.2) is 29.9 Å². The molecule has 18 heavy (non-hydrogen) atoms. The number of amides is 1. The molecule has 2 rings (SSSR count). The highest BCUT2D eigenvalue weighted by Crippen LogP contribution is 2.16. The molecule has 2 heterocycles. The Labute approximate surface area is 110 Å². The van der Waals surface area contributed by atoms with E-state index in [1.807, 2.05) is 17.5 Å². The number of nitrogens with zero attached hydrogens (tertiary/aromatic N) is 2. The first-order valence-electron chi connectivity index (χ1n) is 5.91. The molecule has 0 aliphatic heterocycles. The van der Waals surface area contributed by atoms with Crippen LogP contribution in [0.3, 0.4) is 0 Å². The van der Waals surface area contributed by atoms with Crippen molar-refractivity contribution in [3.05, 3.63) is 41.2 Å². The first-order chi connectivity index (χ1) is 8.78. The van der Waals surface area contributed by atoms with E-state index in [4.69, 9.17) is 0 Å². The Bertz CT molecular complexity index is 510. The fourth-order valence-electron chi connectivity index (χ4n) is 1.59. The lowest BCUT2D eigenvalue weighted by molar-refractivity contribution is -0.115. The zero-order valence-corrected chi connectivity index (χ0v) is 11.0. The lowest BCUT2D eigenvalue weighted by Crippen LogP contribution is -2.14. The summed E-state index contributed by atoms with van der Waals surface area (Å²) in [4.78, 5) is 20.1. The molecule has 5 heteroatoms. The molecule has 2 aromatic rings. The number of aromatic nitrogens is 2. The third-order valence-electron chi connectivity index (χ3n) is 2.39. The molecule has 0 fully saturated rings. The van der Waals surface area contributed by atoms with Crippen LogP contribution in [0, 0.1) is 0 Å². The van der Waals surface area contributed by atoms with Gasteiger partial charge in [0, 0.05) is 17.8 Å². The van der Waals surface area contributed by atoms with E-state index in [1.54, 1.807) is 12.4 Å². The van der Waals surface area contributed by atoms with Crippen LogP contribution in [0.1, 0.15) is 24.6 Å². The summed E-state index contributed by atoms with van der Waals surface area (Å²) in [5, 5.41) is 5.47. The molecule has 0 aliphatic rings. The van der Waals surface area contributed by atoms with Gasteiger partial charge in [0.25, 0.3) is 0 Å². The molecule has 2 aromatic heterocycles. The van der Waals surface area contributed by atoms with Gasteiger partial charge in [0.2, 0.25) is 5.91 Å². The fraction of sp³-hybridized carbons (Fsp3) is 0.308. The van der Waals surface area contributed by atoms with Crippen LogP contribution >= 0.6 is 11.3 Å². The Morgan fingerprint density at radius 2 is 2.39 bits per heavy atom. The smallest absolute Gasteiger partial charge is 0.230 e. The van der Waals surface area contributed by atoms with Crippen molar-refractivity contribution < 1.29 is 4.79 Å². The molecule has 1 amide bonds. The monoisotopic (exact) mass is 261 g/mol. The van der Waals surface area contributed by atoms with Crippen LogP contribution in [0.4, 0.5) is 5.13 Å². The van der Waals surface area contributed by atoms with E-state index in [2.05, 4.69) is 22.2 Å². The number of hydrogen-bond donors (Lipinski definition) is 1. The van der Waals surface area contributed by atoms with Crippen LogP contribution < -0.4 is 5.32 Å². The second-order valence-corrected chi connectivity index (χ2v) is 4.84. The van der Waals surface area contributed by atoms with Gasteiger partial charge >= 0.3 is 0 Å². The van der Waals surface area contributed by atoms with Crippen LogP contribution in [0.2, 0.25) is 0 Å². The van der Waals surface area contributed by atoms with Crippen LogP contribution in [-0.2, 0) is 17.6 Å². The van der Waals surface area contributed by atoms with Crippen molar-refractivity contribution in [1.82, 2.24) is 9.97 Å². The molecule has 0 atom stereocenters. The normalized spacial score (nSPS) is 10.3. The number of carbonyl (C=O) groups excluding carboxylic acids is 1. The Hall–Kier alpha value is -1.75. The Morgan fingerprint density at radius 3 is 3.11 bits per heavy atom. The lowest BCUT2D eigenvalue weighted by Gasteiger charge is -2.01. The van der Waals surface area contributed by atoms with Gasteiger partial charge in [-0.05, 0) is 18.1 Å². The van der Waals surface area contributed by atoms with E-state index >= 15 is 0 Å². The van der Waals surface area contributed by atoms with Gasteiger partial charge in [0.15, 0.2) is 5.13 Å². The van der Waals surface area contributed by atoms with Crippen molar-refractivity contribution >= 4 is 22.4 Å². The highest BCUT2D eigenvalue weighted by atomic mass is 32.1. The molecular formula is C13H15N3OS. The molecule has 0 saturated carbocycles. The molecule has 0 aliphatic carbocycles. The minimum atomic E-state index is -0.0552. The number of hydrogen-bond acceptors (Lipinski definition) is 4. The summed E-state index contributed by atoms with van der Waals surface area (Å²) >= 11 is 1.47. The molecule has 1 N–H and O–H groups in total. The predicted molar refractivity (Wildman–Crippen MR) is 72.7 cm³/mol. The number of carbonyl (C=O) groups is 1. The molecule has 0 unspecified atom stereocenters. The fourth-order valence-corrected chi connectivity index (χ4v) is 2.35. The largest absolute Gasteiger partial charge is 0.302 e. The molecule has 0 aromatic carbocycles. The predicted octanol–water partition coefficient (Wildman–Crippen LogP) is 2.67. The van der Waals surface area contributed by atoms with Gasteiger partial charge in [0.05, 0.1) is 12.1 Å². The van der Waals surface area contributed by atoms with Gasteiger partial charge < -0.3 is 5.32 Å². The Kier molecular flexibility index (Phi) is 4.41. The first kappa shape index (κ1) is 12.7. The molecular weight excluding hydrogens is 246 g/mol. The molecule has 94 valence electrons. The zero-order chi connectivity index (χ0) is 12.8. The SMILES string of the molecule is CCCc1csc(NC(=O)Cc2cccnc2)n1. The van der Waals surface area contributed by atoms with E-state index in [9.17, 15) is 4.79 Å². The minimum Gasteiger partial charge on any atom is -0.302 e. The van der Waals surface area contributed by atoms with Crippen molar-refractivity contribution in [3.63, 3.8) is 0 Å². The highest BCUT2D eigenvalue weighted by molar-refractivity contribution is 7.13. The maximum absolute atomic E-state index is 11.8. The summed E-state index contributed by atoms with van der Waals surface area (Å²) < 4.78 is 0. The van der Waals surface area contributed by atoms with Gasteiger partial charge in [-0.3, -0.25) is 9.78 Å². The third kappa shape index (κ3) is 3.63. The van der Waals surface area contributed by atoms with Crippen LogP contribution in [0.25, 0.3) is 0 Å². The average Bonchev–Trinajstić information content (AvgIpc) is 2.78. The number of rotatable bonds is 5. The van der Waals surface area contributed by atoms with Crippen molar-refractivity contribution in [3.8, 4) is 0 Å². The molecule has 0 radical (unpaired) electrons.